The van der Waals surface area contributed by atoms with Crippen molar-refractivity contribution < 1.29 is 46.4 Å². The predicted octanol–water partition coefficient (Wildman–Crippen LogP) is 5.89. The third-order valence-electron chi connectivity index (χ3n) is 7.10. The third kappa shape index (κ3) is 16.2. The molecular weight excluding hydrogens is 753 g/mol. The molecule has 224 valence electrons. The first kappa shape index (κ1) is 41.0. The largest absolute Gasteiger partial charge is 3.00 e. The Hall–Kier alpha value is -1.04. The zero-order chi connectivity index (χ0) is 29.4. The quantitative estimate of drug-likeness (QED) is 0.105. The fourth-order valence-electron chi connectivity index (χ4n) is 4.41. The molecule has 0 atom stereocenters. The second-order valence-corrected chi connectivity index (χ2v) is 24.8. The van der Waals surface area contributed by atoms with E-state index in [2.05, 4.69) is 160 Å². The molecule has 42 heavy (non-hydrogen) atoms. The van der Waals surface area contributed by atoms with Gasteiger partial charge in [-0.05, 0) is 38.0 Å². The minimum absolute atomic E-state index is 0. The Kier molecular flexibility index (Phi) is 21.1. The first-order valence-corrected chi connectivity index (χ1v) is 23.5. The molecule has 1 aliphatic rings. The molecule has 0 saturated heterocycles. The van der Waals surface area contributed by atoms with Crippen LogP contribution in [0.4, 0.5) is 0 Å². The zero-order valence-corrected chi connectivity index (χ0v) is 34.0. The summed E-state index contributed by atoms with van der Waals surface area (Å²) in [5, 5.41) is 5.99. The summed E-state index contributed by atoms with van der Waals surface area (Å²) >= 11 is 0. The molecule has 1 aliphatic carbocycles. The van der Waals surface area contributed by atoms with Gasteiger partial charge >= 0.3 is 22.4 Å². The molecular formula is C36H50INNbPSi2. The van der Waals surface area contributed by atoms with Crippen LogP contribution in [0.5, 0.6) is 0 Å². The molecule has 1 fully saturated rings. The predicted molar refractivity (Wildman–Crippen MR) is 189 cm³/mol. The van der Waals surface area contributed by atoms with Crippen molar-refractivity contribution in [2.45, 2.75) is 77.4 Å². The molecule has 0 aromatic heterocycles. The summed E-state index contributed by atoms with van der Waals surface area (Å²) in [5.41, 5.74) is 0. The molecule has 0 aliphatic heterocycles. The van der Waals surface area contributed by atoms with Crippen LogP contribution in [0.1, 0.15) is 32.1 Å². The van der Waals surface area contributed by atoms with Crippen LogP contribution in [0.15, 0.2) is 109 Å². The summed E-state index contributed by atoms with van der Waals surface area (Å²) in [6.07, 6.45) is 6.24. The van der Waals surface area contributed by atoms with Gasteiger partial charge in [0, 0.05) is 29.0 Å². The second-order valence-electron chi connectivity index (χ2n) is 12.5. The zero-order valence-electron chi connectivity index (χ0n) is 26.7. The van der Waals surface area contributed by atoms with Gasteiger partial charge in [0.05, 0.1) is 0 Å². The van der Waals surface area contributed by atoms with Gasteiger partial charge in [-0.1, -0.05) is 106 Å². The molecule has 6 heteroatoms. The smallest absolute Gasteiger partial charge is 1.00 e. The Labute approximate surface area is 293 Å². The van der Waals surface area contributed by atoms with Crippen LogP contribution in [0.2, 0.25) is 39.3 Å². The number of rotatable bonds is 4. The minimum Gasteiger partial charge on any atom is -1.00 e. The number of hydrogen-bond acceptors (Lipinski definition) is 0. The van der Waals surface area contributed by atoms with Crippen molar-refractivity contribution in [2.24, 2.45) is 0 Å². The first-order valence-electron chi connectivity index (χ1n) is 14.7. The maximum Gasteiger partial charge on any atom is 3.00 e. The molecule has 0 amide bonds. The average molecular weight is 804 g/mol. The summed E-state index contributed by atoms with van der Waals surface area (Å²) in [5.74, 6) is 0. The molecule has 1 saturated carbocycles. The van der Waals surface area contributed by atoms with Gasteiger partial charge in [0.2, 0.25) is 6.04 Å². The van der Waals surface area contributed by atoms with Gasteiger partial charge in [0.15, 0.2) is 0 Å². The van der Waals surface area contributed by atoms with Crippen molar-refractivity contribution in [1.82, 2.24) is 0 Å². The Bertz CT molecular complexity index is 1120. The molecule has 0 spiro atoms. The van der Waals surface area contributed by atoms with Gasteiger partial charge in [0.25, 0.3) is 0 Å². The summed E-state index contributed by atoms with van der Waals surface area (Å²) in [4.78, 5) is 3.50. The van der Waals surface area contributed by atoms with E-state index >= 15 is 0 Å². The Balaban J connectivity index is 0.000000540. The minimum atomic E-state index is -0.981. The number of nitrogens with zero attached hydrogens (tertiary/aromatic N) is 1. The van der Waals surface area contributed by atoms with Crippen molar-refractivity contribution in [3.63, 3.8) is 0 Å². The van der Waals surface area contributed by atoms with Crippen LogP contribution >= 0.6 is 7.92 Å². The molecule has 0 heterocycles. The molecule has 1 nitrogen and oxygen atoms in total. The van der Waals surface area contributed by atoms with E-state index < -0.39 is 16.1 Å². The van der Waals surface area contributed by atoms with Crippen LogP contribution in [-0.2, 0) is 22.4 Å². The number of hydrogen-bond donors (Lipinski definition) is 0. The van der Waals surface area contributed by atoms with Crippen LogP contribution in [-0.4, -0.2) is 28.9 Å². The molecule has 5 rings (SSSR count). The summed E-state index contributed by atoms with van der Waals surface area (Å²) in [6.45, 7) is 23.2. The maximum absolute atomic E-state index is 6.72. The topological polar surface area (TPSA) is 4.36 Å². The fourth-order valence-corrected chi connectivity index (χ4v) is 8.33. The average Bonchev–Trinajstić information content (AvgIpc) is 3.71. The van der Waals surface area contributed by atoms with Gasteiger partial charge in [-0.15, -0.1) is 0 Å². The molecule has 4 aromatic rings. The Morgan fingerprint density at radius 1 is 0.619 bits per heavy atom. The third-order valence-corrected chi connectivity index (χ3v) is 13.4. The van der Waals surface area contributed by atoms with Gasteiger partial charge in [-0.2, -0.15) is 34.6 Å². The standard InChI is InChI=1S/C13H13P.2C8H13Si.C7H11N.HI.Nb/c1-14(12-8-4-2-5-9-12)13-10-6-3-7-11-13;2*1-9(2,3)8-6-4-5-7-8;1-8-7-5-3-2-4-6-7;;/h2-11H,1H3;2*4-7H,1-3H3;7H,2-6H2;1H;/q;2*-1;;;+3/p-1. The van der Waals surface area contributed by atoms with E-state index in [0.29, 0.717) is 6.04 Å². The van der Waals surface area contributed by atoms with Crippen LogP contribution < -0.4 is 45.0 Å². The van der Waals surface area contributed by atoms with Gasteiger partial charge < -0.3 is 28.8 Å². The summed E-state index contributed by atoms with van der Waals surface area (Å²) in [6, 6.07) is 39.2. The molecule has 4 aromatic carbocycles. The van der Waals surface area contributed by atoms with E-state index in [4.69, 9.17) is 6.57 Å². The fraction of sp³-hybridized carbons (Fsp3) is 0.361. The monoisotopic (exact) mass is 803 g/mol. The van der Waals surface area contributed by atoms with E-state index in [1.165, 1.54) is 29.9 Å². The van der Waals surface area contributed by atoms with E-state index in [9.17, 15) is 0 Å². The van der Waals surface area contributed by atoms with Gasteiger partial charge in [0.1, 0.15) is 0 Å². The van der Waals surface area contributed by atoms with Gasteiger partial charge in [-0.3, -0.25) is 0 Å². The van der Waals surface area contributed by atoms with E-state index in [0.717, 1.165) is 12.8 Å². The maximum atomic E-state index is 6.72. The number of benzene rings is 2. The molecule has 0 radical (unpaired) electrons. The molecule has 0 bridgehead atoms. The van der Waals surface area contributed by atoms with Crippen molar-refractivity contribution >= 4 is 45.1 Å². The van der Waals surface area contributed by atoms with Crippen LogP contribution in [0.25, 0.3) is 4.85 Å². The van der Waals surface area contributed by atoms with Crippen molar-refractivity contribution in [1.29, 1.82) is 0 Å². The van der Waals surface area contributed by atoms with E-state index in [1.54, 1.807) is 10.4 Å². The second kappa shape index (κ2) is 21.6. The van der Waals surface area contributed by atoms with E-state index in [-0.39, 0.29) is 54.3 Å². The van der Waals surface area contributed by atoms with Gasteiger partial charge in [-0.25, -0.2) is 30.8 Å². The normalized spacial score (nSPS) is 12.8. The summed E-state index contributed by atoms with van der Waals surface area (Å²) < 4.78 is 0. The van der Waals surface area contributed by atoms with E-state index in [1.807, 2.05) is 0 Å². The molecule has 0 N–H and O–H groups in total. The van der Waals surface area contributed by atoms with Crippen LogP contribution in [0, 0.1) is 6.57 Å². The SMILES string of the molecule is CP(c1ccccc1)c1ccccc1.C[Si](C)(C)[c-]1cccc1.C[Si](C)(C)[c-]1cccc1.[C-]#[N+]C1CCCCC1.[I-].[Nb+3]. The Morgan fingerprint density at radius 2 is 0.952 bits per heavy atom. The first-order chi connectivity index (χ1) is 19.0. The van der Waals surface area contributed by atoms with Crippen molar-refractivity contribution in [2.75, 3.05) is 6.66 Å². The van der Waals surface area contributed by atoms with Crippen molar-refractivity contribution in [3.05, 3.63) is 121 Å². The molecule has 0 unspecified atom stereocenters. The van der Waals surface area contributed by atoms with Crippen molar-refractivity contribution in [3.8, 4) is 0 Å². The summed E-state index contributed by atoms with van der Waals surface area (Å²) in [7, 11) is -2.13. The number of halogens is 1. The Morgan fingerprint density at radius 3 is 1.19 bits per heavy atom. The van der Waals surface area contributed by atoms with Crippen LogP contribution in [0.3, 0.4) is 0 Å².